The summed E-state index contributed by atoms with van der Waals surface area (Å²) in [7, 11) is 0. The minimum Gasteiger partial charge on any atom is -0.394 e. The highest BCUT2D eigenvalue weighted by Crippen LogP contribution is 2.26. The van der Waals surface area contributed by atoms with Gasteiger partial charge in [-0.1, -0.05) is 26.2 Å². The van der Waals surface area contributed by atoms with Crippen LogP contribution in [0.1, 0.15) is 52.4 Å². The fraction of sp³-hybridized carbons (Fsp3) is 1.00. The van der Waals surface area contributed by atoms with Gasteiger partial charge in [-0.05, 0) is 32.1 Å². The van der Waals surface area contributed by atoms with Crippen molar-refractivity contribution in [3.05, 3.63) is 0 Å². The molecule has 3 nitrogen and oxygen atoms in total. The van der Waals surface area contributed by atoms with E-state index in [0.29, 0.717) is 6.04 Å². The highest BCUT2D eigenvalue weighted by Gasteiger charge is 2.27. The van der Waals surface area contributed by atoms with E-state index in [2.05, 4.69) is 12.2 Å². The number of aliphatic hydroxyl groups is 2. The van der Waals surface area contributed by atoms with Crippen LogP contribution < -0.4 is 5.32 Å². The first-order valence-electron chi connectivity index (χ1n) is 6.63. The first kappa shape index (κ1) is 13.9. The Morgan fingerprint density at radius 3 is 2.38 bits per heavy atom. The summed E-state index contributed by atoms with van der Waals surface area (Å²) in [5, 5.41) is 21.9. The zero-order valence-electron chi connectivity index (χ0n) is 10.7. The lowest BCUT2D eigenvalue weighted by molar-refractivity contribution is 0.0915. The van der Waals surface area contributed by atoms with Gasteiger partial charge in [0, 0.05) is 6.04 Å². The van der Waals surface area contributed by atoms with Crippen LogP contribution in [0.3, 0.4) is 0 Å². The number of hydrogen-bond acceptors (Lipinski definition) is 3. The Morgan fingerprint density at radius 2 is 1.81 bits per heavy atom. The quantitative estimate of drug-likeness (QED) is 0.629. The van der Waals surface area contributed by atoms with Gasteiger partial charge in [0.1, 0.15) is 0 Å². The molecule has 1 saturated carbocycles. The zero-order chi connectivity index (χ0) is 12.0. The third kappa shape index (κ3) is 4.04. The van der Waals surface area contributed by atoms with Crippen LogP contribution in [0.15, 0.2) is 0 Å². The number of rotatable bonds is 5. The summed E-state index contributed by atoms with van der Waals surface area (Å²) in [4.78, 5) is 0. The van der Waals surface area contributed by atoms with Gasteiger partial charge in [0.2, 0.25) is 0 Å². The van der Waals surface area contributed by atoms with Crippen LogP contribution in [-0.2, 0) is 0 Å². The third-order valence-corrected chi connectivity index (χ3v) is 3.92. The summed E-state index contributed by atoms with van der Waals surface area (Å²) >= 11 is 0. The van der Waals surface area contributed by atoms with Crippen LogP contribution in [0.5, 0.6) is 0 Å². The molecule has 1 rings (SSSR count). The first-order chi connectivity index (χ1) is 7.63. The number of aliphatic hydroxyl groups excluding tert-OH is 2. The monoisotopic (exact) mass is 229 g/mol. The molecule has 0 saturated heterocycles. The molecule has 1 fully saturated rings. The molecule has 2 unspecified atom stereocenters. The van der Waals surface area contributed by atoms with E-state index >= 15 is 0 Å². The molecule has 3 heteroatoms. The Kier molecular flexibility index (Phi) is 5.73. The summed E-state index contributed by atoms with van der Waals surface area (Å²) < 4.78 is 0. The van der Waals surface area contributed by atoms with E-state index in [9.17, 15) is 10.2 Å². The van der Waals surface area contributed by atoms with Gasteiger partial charge >= 0.3 is 0 Å². The van der Waals surface area contributed by atoms with Gasteiger partial charge in [-0.2, -0.15) is 0 Å². The molecule has 0 aromatic rings. The van der Waals surface area contributed by atoms with Crippen LogP contribution in [0.2, 0.25) is 0 Å². The Hall–Kier alpha value is -0.120. The lowest BCUT2D eigenvalue weighted by atomic mass is 9.97. The Labute approximate surface area is 99.3 Å². The van der Waals surface area contributed by atoms with Crippen molar-refractivity contribution in [2.75, 3.05) is 13.2 Å². The van der Waals surface area contributed by atoms with Crippen molar-refractivity contribution in [3.8, 4) is 0 Å². The van der Waals surface area contributed by atoms with Gasteiger partial charge in [-0.25, -0.2) is 0 Å². The molecule has 0 amide bonds. The van der Waals surface area contributed by atoms with Crippen molar-refractivity contribution >= 4 is 0 Å². The molecule has 0 spiro atoms. The second-order valence-corrected chi connectivity index (χ2v) is 5.50. The summed E-state index contributed by atoms with van der Waals surface area (Å²) in [5.74, 6) is 0.876. The molecule has 0 heterocycles. The maximum absolute atomic E-state index is 9.26. The second kappa shape index (κ2) is 6.58. The molecular weight excluding hydrogens is 202 g/mol. The number of nitrogens with one attached hydrogen (secondary N) is 1. The Bertz CT molecular complexity index is 192. The van der Waals surface area contributed by atoms with Crippen molar-refractivity contribution < 1.29 is 10.2 Å². The van der Waals surface area contributed by atoms with E-state index < -0.39 is 5.54 Å². The first-order valence-corrected chi connectivity index (χ1v) is 6.63. The molecule has 1 aliphatic rings. The molecule has 96 valence electrons. The molecule has 1 aliphatic carbocycles. The maximum Gasteiger partial charge on any atom is 0.0633 e. The van der Waals surface area contributed by atoms with Crippen LogP contribution in [0, 0.1) is 5.92 Å². The topological polar surface area (TPSA) is 52.5 Å². The molecule has 0 aliphatic heterocycles. The highest BCUT2D eigenvalue weighted by atomic mass is 16.3. The molecule has 0 radical (unpaired) electrons. The summed E-state index contributed by atoms with van der Waals surface area (Å²) in [6.07, 6.45) is 7.51. The predicted molar refractivity (Wildman–Crippen MR) is 66.4 cm³/mol. The largest absolute Gasteiger partial charge is 0.394 e. The third-order valence-electron chi connectivity index (χ3n) is 3.92. The summed E-state index contributed by atoms with van der Waals surface area (Å²) in [6.45, 7) is 4.15. The van der Waals surface area contributed by atoms with E-state index in [4.69, 9.17) is 0 Å². The second-order valence-electron chi connectivity index (χ2n) is 5.50. The predicted octanol–water partition coefficient (Wildman–Crippen LogP) is 1.68. The summed E-state index contributed by atoms with van der Waals surface area (Å²) in [5.41, 5.74) is -0.517. The summed E-state index contributed by atoms with van der Waals surface area (Å²) in [6, 6.07) is 0.459. The van der Waals surface area contributed by atoms with Gasteiger partial charge in [-0.3, -0.25) is 0 Å². The van der Waals surface area contributed by atoms with Crippen molar-refractivity contribution in [3.63, 3.8) is 0 Å². The fourth-order valence-electron chi connectivity index (χ4n) is 2.57. The molecule has 2 atom stereocenters. The van der Waals surface area contributed by atoms with Crippen molar-refractivity contribution in [2.45, 2.75) is 64.0 Å². The van der Waals surface area contributed by atoms with Gasteiger partial charge in [0.25, 0.3) is 0 Å². The molecule has 16 heavy (non-hydrogen) atoms. The van der Waals surface area contributed by atoms with E-state index in [0.717, 1.165) is 5.92 Å². The Balaban J connectivity index is 2.42. The van der Waals surface area contributed by atoms with Crippen LogP contribution in [0.4, 0.5) is 0 Å². The fourth-order valence-corrected chi connectivity index (χ4v) is 2.57. The van der Waals surface area contributed by atoms with Gasteiger partial charge in [-0.15, -0.1) is 0 Å². The van der Waals surface area contributed by atoms with Crippen molar-refractivity contribution in [1.82, 2.24) is 5.32 Å². The van der Waals surface area contributed by atoms with Gasteiger partial charge in [0.15, 0.2) is 0 Å². The van der Waals surface area contributed by atoms with E-state index in [1.54, 1.807) is 0 Å². The van der Waals surface area contributed by atoms with E-state index in [-0.39, 0.29) is 13.2 Å². The molecule has 0 aromatic carbocycles. The van der Waals surface area contributed by atoms with Crippen LogP contribution in [0.25, 0.3) is 0 Å². The van der Waals surface area contributed by atoms with E-state index in [1.165, 1.54) is 38.5 Å². The standard InChI is InChI=1S/C13H27NO2/c1-3-11-5-4-6-12(8-7-11)14-13(2,9-15)10-16/h11-12,14-16H,3-10H2,1-2H3. The van der Waals surface area contributed by atoms with Crippen molar-refractivity contribution in [1.29, 1.82) is 0 Å². The van der Waals surface area contributed by atoms with Crippen LogP contribution in [-0.4, -0.2) is 35.0 Å². The minimum atomic E-state index is -0.517. The molecule has 0 bridgehead atoms. The van der Waals surface area contributed by atoms with Crippen molar-refractivity contribution in [2.24, 2.45) is 5.92 Å². The highest BCUT2D eigenvalue weighted by molar-refractivity contribution is 4.87. The Morgan fingerprint density at radius 1 is 1.12 bits per heavy atom. The van der Waals surface area contributed by atoms with Crippen LogP contribution >= 0.6 is 0 Å². The maximum atomic E-state index is 9.26. The molecule has 0 aromatic heterocycles. The normalized spacial score (nSPS) is 27.8. The lowest BCUT2D eigenvalue weighted by Crippen LogP contribution is -2.53. The van der Waals surface area contributed by atoms with Gasteiger partial charge < -0.3 is 15.5 Å². The average molecular weight is 229 g/mol. The lowest BCUT2D eigenvalue weighted by Gasteiger charge is -2.31. The molecule has 3 N–H and O–H groups in total. The van der Waals surface area contributed by atoms with Gasteiger partial charge in [0.05, 0.1) is 18.8 Å². The molecular formula is C13H27NO2. The zero-order valence-corrected chi connectivity index (χ0v) is 10.7. The van der Waals surface area contributed by atoms with E-state index in [1.807, 2.05) is 6.92 Å². The minimum absolute atomic E-state index is 0.00277. The smallest absolute Gasteiger partial charge is 0.0633 e. The number of hydrogen-bond donors (Lipinski definition) is 3. The average Bonchev–Trinajstić information content (AvgIpc) is 2.54. The SMILES string of the molecule is CCC1CCCC(NC(C)(CO)CO)CC1.